The van der Waals surface area contributed by atoms with Gasteiger partial charge in [0.15, 0.2) is 0 Å². The molecule has 2 aliphatic rings. The van der Waals surface area contributed by atoms with Gasteiger partial charge in [-0.05, 0) is 49.9 Å². The van der Waals surface area contributed by atoms with Crippen LogP contribution in [-0.2, 0) is 19.1 Å². The molecule has 2 rings (SSSR count). The summed E-state index contributed by atoms with van der Waals surface area (Å²) in [6, 6.07) is 0. The van der Waals surface area contributed by atoms with Crippen LogP contribution in [0.5, 0.6) is 0 Å². The van der Waals surface area contributed by atoms with Gasteiger partial charge in [-0.1, -0.05) is 34.6 Å². The Morgan fingerprint density at radius 1 is 0.574 bits per heavy atom. The van der Waals surface area contributed by atoms with Crippen molar-refractivity contribution in [3.8, 4) is 0 Å². The first kappa shape index (κ1) is 58.3. The summed E-state index contributed by atoms with van der Waals surface area (Å²) in [5, 5.41) is 25.9. The molecule has 0 aromatic rings. The molecule has 0 spiro atoms. The minimum atomic E-state index is -5.97. The number of rotatable bonds is 7. The number of carbonyl (C=O) groups is 2. The highest BCUT2D eigenvalue weighted by Crippen LogP contribution is 2.55. The molecular weight excluding hydrogens is 801 g/mol. The summed E-state index contributed by atoms with van der Waals surface area (Å²) >= 11 is 0. The summed E-state index contributed by atoms with van der Waals surface area (Å²) in [7, 11) is 1.38. The smallest absolute Gasteiger partial charge is 0.429 e. The summed E-state index contributed by atoms with van der Waals surface area (Å²) in [5.41, 5.74) is -14.2. The largest absolute Gasteiger partial charge is 0.469 e. The fourth-order valence-electron chi connectivity index (χ4n) is 4.72. The predicted octanol–water partition coefficient (Wildman–Crippen LogP) is 8.54. The molecule has 54 heavy (non-hydrogen) atoms. The van der Waals surface area contributed by atoms with Crippen LogP contribution in [0.2, 0.25) is 0 Å². The summed E-state index contributed by atoms with van der Waals surface area (Å²) in [4.78, 5) is 20.4. The van der Waals surface area contributed by atoms with Gasteiger partial charge in [-0.2, -0.15) is 79.0 Å². The van der Waals surface area contributed by atoms with Gasteiger partial charge in [-0.25, -0.2) is 0 Å². The average Bonchev–Trinajstić information content (AvgIpc) is 3.59. The van der Waals surface area contributed by atoms with E-state index in [1.807, 2.05) is 0 Å². The lowest BCUT2D eigenvalue weighted by molar-refractivity contribution is -0.375. The zero-order valence-electron chi connectivity index (χ0n) is 28.0. The van der Waals surface area contributed by atoms with E-state index >= 15 is 0 Å². The summed E-state index contributed by atoms with van der Waals surface area (Å²) in [6.07, 6.45) is -34.6. The highest BCUT2D eigenvalue weighted by molar-refractivity contribution is 5.75. The lowest BCUT2D eigenvalue weighted by Crippen LogP contribution is -2.60. The van der Waals surface area contributed by atoms with E-state index < -0.39 is 91.6 Å². The van der Waals surface area contributed by atoms with Crippen molar-refractivity contribution in [1.29, 1.82) is 0 Å². The van der Waals surface area contributed by atoms with Crippen LogP contribution in [0.15, 0.2) is 0 Å². The number of fused-ring (bicyclic) bond motifs is 2. The molecule has 0 saturated heterocycles. The minimum absolute atomic E-state index is 0. The number of hydrogen-bond donors (Lipinski definition) is 3. The normalized spacial score (nSPS) is 19.3. The van der Waals surface area contributed by atoms with E-state index in [0.717, 1.165) is 6.42 Å². The standard InChI is InChI=1S/C11H14F6O.C7H8F6O3.C5H6F6O.C4H8O2.CH4.B/c12-10(13,14)9(18,11(15,16)17)5-8-4-6-1-2-7(8)3-6;1-2-4(14)16-3-5(15,6(8,9)10)7(11,12)13;1-2-3(12,4(6,7)8)5(9,10)11;1-3-4(5)6-2;;/h6-8,18H,1-5H2;15H,2-3H2,1H3;12H,2H2,1H3;3H2,1-2H3;1H4;. The van der Waals surface area contributed by atoms with Crippen LogP contribution >= 0.6 is 0 Å². The van der Waals surface area contributed by atoms with Crippen molar-refractivity contribution in [2.45, 2.75) is 133 Å². The number of halogens is 18. The zero-order valence-corrected chi connectivity index (χ0v) is 28.0. The molecule has 0 heterocycles. The van der Waals surface area contributed by atoms with Crippen molar-refractivity contribution in [2.24, 2.45) is 17.8 Å². The first-order valence-electron chi connectivity index (χ1n) is 14.7. The van der Waals surface area contributed by atoms with E-state index in [1.165, 1.54) is 14.0 Å². The molecule has 3 N–H and O–H groups in total. The Morgan fingerprint density at radius 3 is 1.11 bits per heavy atom. The van der Waals surface area contributed by atoms with Crippen LogP contribution in [0, 0.1) is 17.8 Å². The summed E-state index contributed by atoms with van der Waals surface area (Å²) in [5.74, 6) is -1.95. The Kier molecular flexibility index (Phi) is 22.4. The second-order valence-electron chi connectivity index (χ2n) is 11.5. The molecule has 3 radical (unpaired) electrons. The number of hydrogen-bond acceptors (Lipinski definition) is 7. The Labute approximate surface area is 299 Å². The molecular formula is C28H40BF18O7. The molecule has 2 aliphatic carbocycles. The van der Waals surface area contributed by atoms with Crippen LogP contribution in [0.1, 0.15) is 79.6 Å². The maximum atomic E-state index is 12.5. The van der Waals surface area contributed by atoms with Gasteiger partial charge in [0.1, 0.15) is 6.61 Å². The van der Waals surface area contributed by atoms with Gasteiger partial charge in [0, 0.05) is 21.3 Å². The molecule has 3 atom stereocenters. The van der Waals surface area contributed by atoms with Gasteiger partial charge in [-0.3, -0.25) is 9.59 Å². The number of methoxy groups -OCH3 is 1. The highest BCUT2D eigenvalue weighted by Gasteiger charge is 2.72. The zero-order chi connectivity index (χ0) is 42.2. The lowest BCUT2D eigenvalue weighted by atomic mass is 9.79. The summed E-state index contributed by atoms with van der Waals surface area (Å²) < 4.78 is 225. The number of ether oxygens (including phenoxy) is 2. The topological polar surface area (TPSA) is 113 Å². The summed E-state index contributed by atoms with van der Waals surface area (Å²) in [6.45, 7) is 1.35. The molecule has 2 saturated carbocycles. The molecule has 0 amide bonds. The van der Waals surface area contributed by atoms with Crippen molar-refractivity contribution in [1.82, 2.24) is 0 Å². The highest BCUT2D eigenvalue weighted by atomic mass is 19.4. The van der Waals surface area contributed by atoms with Gasteiger partial charge in [0.05, 0.1) is 7.11 Å². The van der Waals surface area contributed by atoms with Crippen LogP contribution in [0.3, 0.4) is 0 Å². The molecule has 26 heteroatoms. The Balaban J connectivity index is -0.000000322. The third kappa shape index (κ3) is 14.9. The number of esters is 2. The van der Waals surface area contributed by atoms with E-state index in [1.54, 1.807) is 6.92 Å². The van der Waals surface area contributed by atoms with E-state index in [2.05, 4.69) is 9.47 Å². The molecule has 0 aliphatic heterocycles. The van der Waals surface area contributed by atoms with E-state index in [-0.39, 0.29) is 33.6 Å². The van der Waals surface area contributed by atoms with Gasteiger partial charge >= 0.3 is 49.0 Å². The average molecular weight is 841 g/mol. The number of aliphatic hydroxyl groups is 3. The predicted molar refractivity (Wildman–Crippen MR) is 151 cm³/mol. The number of alkyl halides is 18. The molecule has 323 valence electrons. The molecule has 2 bridgehead atoms. The maximum Gasteiger partial charge on any atom is 0.429 e. The van der Waals surface area contributed by atoms with Crippen LogP contribution in [0.25, 0.3) is 0 Å². The first-order chi connectivity index (χ1) is 22.9. The van der Waals surface area contributed by atoms with Crippen LogP contribution in [-0.4, -0.2) is 103 Å². The van der Waals surface area contributed by atoms with Crippen molar-refractivity contribution >= 4 is 20.4 Å². The molecule has 0 aromatic heterocycles. The van der Waals surface area contributed by atoms with Gasteiger partial charge < -0.3 is 24.8 Å². The van der Waals surface area contributed by atoms with Crippen LogP contribution < -0.4 is 0 Å². The van der Waals surface area contributed by atoms with E-state index in [0.29, 0.717) is 32.6 Å². The van der Waals surface area contributed by atoms with Crippen molar-refractivity contribution in [3.05, 3.63) is 0 Å². The molecule has 3 unspecified atom stereocenters. The lowest BCUT2D eigenvalue weighted by Gasteiger charge is -2.36. The van der Waals surface area contributed by atoms with Crippen LogP contribution in [0.4, 0.5) is 79.0 Å². The number of carbonyl (C=O) groups excluding carboxylic acids is 2. The molecule has 7 nitrogen and oxygen atoms in total. The quantitative estimate of drug-likeness (QED) is 0.134. The van der Waals surface area contributed by atoms with E-state index in [9.17, 15) is 88.6 Å². The SMILES string of the molecule is C.CCC(=O)OC.CCC(=O)OCC(O)(C(F)(F)F)C(F)(F)F.CCC(O)(C(F)(F)F)C(F)(F)F.OC(CC1CC2CCC1C2)(C(F)(F)F)C(F)(F)F.[B]. The Hall–Kier alpha value is -2.38. The first-order valence-corrected chi connectivity index (χ1v) is 14.7. The van der Waals surface area contributed by atoms with Crippen molar-refractivity contribution in [3.63, 3.8) is 0 Å². The molecule has 0 aromatic carbocycles. The monoisotopic (exact) mass is 841 g/mol. The van der Waals surface area contributed by atoms with Gasteiger partial charge in [-0.15, -0.1) is 0 Å². The third-order valence-corrected chi connectivity index (χ3v) is 8.01. The third-order valence-electron chi connectivity index (χ3n) is 8.01. The Morgan fingerprint density at radius 2 is 0.926 bits per heavy atom. The van der Waals surface area contributed by atoms with Gasteiger partial charge in [0.25, 0.3) is 16.8 Å². The van der Waals surface area contributed by atoms with Gasteiger partial charge in [0.2, 0.25) is 0 Å². The fourth-order valence-corrected chi connectivity index (χ4v) is 4.72. The second kappa shape index (κ2) is 20.7. The molecule has 2 fully saturated rings. The minimum Gasteiger partial charge on any atom is -0.469 e. The van der Waals surface area contributed by atoms with Crippen molar-refractivity contribution in [2.75, 3.05) is 13.7 Å². The maximum absolute atomic E-state index is 12.5. The van der Waals surface area contributed by atoms with E-state index in [4.69, 9.17) is 15.3 Å². The fraction of sp³-hybridized carbons (Fsp3) is 0.929. The van der Waals surface area contributed by atoms with Crippen molar-refractivity contribution < 1.29 is 113 Å². The Bertz CT molecular complexity index is 1070. The second-order valence-corrected chi connectivity index (χ2v) is 11.5.